The van der Waals surface area contributed by atoms with Crippen LogP contribution in [-0.2, 0) is 0 Å². The summed E-state index contributed by atoms with van der Waals surface area (Å²) in [6.07, 6.45) is 5.63. The zero-order valence-electron chi connectivity index (χ0n) is 11.8. The Labute approximate surface area is 107 Å². The fourth-order valence-corrected chi connectivity index (χ4v) is 5.19. The first-order valence-electron chi connectivity index (χ1n) is 6.88. The van der Waals surface area contributed by atoms with Gasteiger partial charge in [-0.1, -0.05) is 31.3 Å². The van der Waals surface area contributed by atoms with E-state index < -0.39 is 13.7 Å². The van der Waals surface area contributed by atoms with Crippen LogP contribution < -0.4 is 0 Å². The molecular weight excluding hydrogens is 226 g/mol. The third kappa shape index (κ3) is 2.38. The molecule has 2 unspecified atom stereocenters. The molecule has 2 bridgehead atoms. The monoisotopic (exact) mass is 253 g/mol. The van der Waals surface area contributed by atoms with Crippen molar-refractivity contribution in [3.05, 3.63) is 11.8 Å². The Kier molecular flexibility index (Phi) is 3.30. The maximum atomic E-state index is 11.0. The van der Waals surface area contributed by atoms with E-state index in [9.17, 15) is 5.11 Å². The third-order valence-electron chi connectivity index (χ3n) is 4.84. The first-order valence-corrected chi connectivity index (χ1v) is 10.4. The maximum Gasteiger partial charge on any atom is 0.0849 e. The molecule has 2 atom stereocenters. The van der Waals surface area contributed by atoms with E-state index in [2.05, 4.69) is 38.2 Å². The zero-order valence-corrected chi connectivity index (χ0v) is 12.8. The lowest BCUT2D eigenvalue weighted by Crippen LogP contribution is -2.59. The Bertz CT molecular complexity index is 307. The molecule has 2 heterocycles. The van der Waals surface area contributed by atoms with Gasteiger partial charge >= 0.3 is 0 Å². The van der Waals surface area contributed by atoms with Gasteiger partial charge in [-0.05, 0) is 32.7 Å². The second kappa shape index (κ2) is 4.21. The van der Waals surface area contributed by atoms with Gasteiger partial charge in [0.25, 0.3) is 0 Å². The summed E-state index contributed by atoms with van der Waals surface area (Å²) in [7, 11) is 0.774. The van der Waals surface area contributed by atoms with E-state index in [1.165, 1.54) is 19.3 Å². The van der Waals surface area contributed by atoms with E-state index in [4.69, 9.17) is 0 Å². The molecule has 2 nitrogen and oxygen atoms in total. The minimum absolute atomic E-state index is 0.570. The highest BCUT2D eigenvalue weighted by atomic mass is 28.3. The Morgan fingerprint density at radius 2 is 1.71 bits per heavy atom. The highest BCUT2D eigenvalue weighted by molar-refractivity contribution is 6.83. The maximum absolute atomic E-state index is 11.0. The largest absolute Gasteiger partial charge is 0.386 e. The zero-order chi connectivity index (χ0) is 12.8. The summed E-state index contributed by atoms with van der Waals surface area (Å²) in [5.41, 5.74) is -0.577. The fraction of sp³-hybridized carbons (Fsp3) is 0.857. The van der Waals surface area contributed by atoms with Crippen LogP contribution in [0.15, 0.2) is 11.8 Å². The van der Waals surface area contributed by atoms with E-state index in [0.29, 0.717) is 12.1 Å². The van der Waals surface area contributed by atoms with Crippen molar-refractivity contribution in [1.29, 1.82) is 0 Å². The highest BCUT2D eigenvalue weighted by Crippen LogP contribution is 2.43. The van der Waals surface area contributed by atoms with Crippen LogP contribution >= 0.6 is 0 Å². The molecule has 0 amide bonds. The first kappa shape index (κ1) is 13.3. The van der Waals surface area contributed by atoms with Crippen molar-refractivity contribution >= 4 is 8.07 Å². The number of hydrogen-bond donors (Lipinski definition) is 1. The average molecular weight is 253 g/mol. The molecule has 0 spiro atoms. The van der Waals surface area contributed by atoms with E-state index in [-0.39, 0.29) is 0 Å². The van der Waals surface area contributed by atoms with E-state index in [1.54, 1.807) is 0 Å². The molecule has 98 valence electrons. The summed E-state index contributed by atoms with van der Waals surface area (Å²) in [5.74, 6) is 0. The Hall–Kier alpha value is -0.123. The SMILES string of the molecule is C=C(C1(O)CC2CCCC(C1)N2C)[Si](C)(C)C. The summed E-state index contributed by atoms with van der Waals surface area (Å²) >= 11 is 0. The van der Waals surface area contributed by atoms with Crippen molar-refractivity contribution in [3.63, 3.8) is 0 Å². The van der Waals surface area contributed by atoms with Gasteiger partial charge in [-0.3, -0.25) is 0 Å². The van der Waals surface area contributed by atoms with Gasteiger partial charge in [0, 0.05) is 12.1 Å². The molecule has 0 saturated carbocycles. The Morgan fingerprint density at radius 3 is 2.12 bits per heavy atom. The van der Waals surface area contributed by atoms with E-state index in [0.717, 1.165) is 18.0 Å². The molecule has 0 aromatic rings. The Morgan fingerprint density at radius 1 is 1.24 bits per heavy atom. The third-order valence-corrected chi connectivity index (χ3v) is 7.12. The second-order valence-corrected chi connectivity index (χ2v) is 12.2. The highest BCUT2D eigenvalue weighted by Gasteiger charge is 2.47. The van der Waals surface area contributed by atoms with Crippen LogP contribution in [0, 0.1) is 0 Å². The first-order chi connectivity index (χ1) is 7.74. The molecule has 0 aromatic heterocycles. The smallest absolute Gasteiger partial charge is 0.0849 e. The van der Waals surface area contributed by atoms with Gasteiger partial charge in [0.2, 0.25) is 0 Å². The molecule has 3 heteroatoms. The lowest BCUT2D eigenvalue weighted by molar-refractivity contribution is -0.0569. The minimum atomic E-state index is -1.45. The second-order valence-electron chi connectivity index (χ2n) is 7.07. The van der Waals surface area contributed by atoms with Gasteiger partial charge in [-0.25, -0.2) is 0 Å². The topological polar surface area (TPSA) is 23.5 Å². The number of nitrogens with zero attached hydrogens (tertiary/aromatic N) is 1. The summed E-state index contributed by atoms with van der Waals surface area (Å²) in [5, 5.41) is 12.2. The molecule has 0 aliphatic carbocycles. The number of rotatable bonds is 2. The summed E-state index contributed by atoms with van der Waals surface area (Å²) in [4.78, 5) is 2.50. The van der Waals surface area contributed by atoms with Crippen LogP contribution in [-0.4, -0.2) is 42.8 Å². The average Bonchev–Trinajstić information content (AvgIpc) is 2.18. The van der Waals surface area contributed by atoms with Gasteiger partial charge in [0.1, 0.15) is 0 Å². The fourth-order valence-electron chi connectivity index (χ4n) is 3.59. The van der Waals surface area contributed by atoms with E-state index >= 15 is 0 Å². The number of piperidine rings is 2. The van der Waals surface area contributed by atoms with Gasteiger partial charge in [0.15, 0.2) is 0 Å². The Balaban J connectivity index is 2.21. The number of fused-ring (bicyclic) bond motifs is 2. The van der Waals surface area contributed by atoms with Crippen LogP contribution in [0.4, 0.5) is 0 Å². The molecule has 2 aliphatic heterocycles. The molecule has 2 rings (SSSR count). The van der Waals surface area contributed by atoms with Crippen LogP contribution in [0.5, 0.6) is 0 Å². The molecule has 1 N–H and O–H groups in total. The molecule has 17 heavy (non-hydrogen) atoms. The van der Waals surface area contributed by atoms with Gasteiger partial charge < -0.3 is 10.0 Å². The van der Waals surface area contributed by atoms with Crippen LogP contribution in [0.25, 0.3) is 0 Å². The number of aliphatic hydroxyl groups is 1. The normalized spacial score (nSPS) is 39.1. The van der Waals surface area contributed by atoms with Crippen LogP contribution in [0.2, 0.25) is 19.6 Å². The minimum Gasteiger partial charge on any atom is -0.386 e. The van der Waals surface area contributed by atoms with Gasteiger partial charge in [-0.2, -0.15) is 0 Å². The van der Waals surface area contributed by atoms with Crippen molar-refractivity contribution in [2.75, 3.05) is 7.05 Å². The molecule has 0 radical (unpaired) electrons. The quantitative estimate of drug-likeness (QED) is 0.765. The molecule has 0 aromatic carbocycles. The van der Waals surface area contributed by atoms with Crippen molar-refractivity contribution in [3.8, 4) is 0 Å². The van der Waals surface area contributed by atoms with Crippen molar-refractivity contribution in [2.24, 2.45) is 0 Å². The van der Waals surface area contributed by atoms with Crippen LogP contribution in [0.3, 0.4) is 0 Å². The summed E-state index contributed by atoms with van der Waals surface area (Å²) < 4.78 is 0. The van der Waals surface area contributed by atoms with E-state index in [1.807, 2.05) is 0 Å². The van der Waals surface area contributed by atoms with Gasteiger partial charge in [-0.15, -0.1) is 6.58 Å². The summed E-state index contributed by atoms with van der Waals surface area (Å²) in [6, 6.07) is 1.14. The van der Waals surface area contributed by atoms with Crippen molar-refractivity contribution in [2.45, 2.75) is 69.4 Å². The standard InChI is InChI=1S/C14H27NOSi/c1-11(17(3,4)5)14(16)9-12-7-6-8-13(10-14)15(12)2/h12-13,16H,1,6-10H2,2-5H3. The van der Waals surface area contributed by atoms with Gasteiger partial charge in [0.05, 0.1) is 13.7 Å². The molecule has 2 fully saturated rings. The predicted molar refractivity (Wildman–Crippen MR) is 75.9 cm³/mol. The summed E-state index contributed by atoms with van der Waals surface area (Å²) in [6.45, 7) is 11.1. The molecule has 2 aliphatic rings. The predicted octanol–water partition coefficient (Wildman–Crippen LogP) is 2.80. The van der Waals surface area contributed by atoms with Crippen LogP contribution in [0.1, 0.15) is 32.1 Å². The lowest BCUT2D eigenvalue weighted by Gasteiger charge is -2.52. The molecule has 2 saturated heterocycles. The molecular formula is C14H27NOSi. The lowest BCUT2D eigenvalue weighted by atomic mass is 9.76. The number of hydrogen-bond acceptors (Lipinski definition) is 2. The van der Waals surface area contributed by atoms with Crippen molar-refractivity contribution in [1.82, 2.24) is 4.90 Å². The van der Waals surface area contributed by atoms with Crippen molar-refractivity contribution < 1.29 is 5.11 Å².